The molecule has 0 radical (unpaired) electrons. The lowest BCUT2D eigenvalue weighted by Crippen LogP contribution is -2.43. The van der Waals surface area contributed by atoms with Gasteiger partial charge < -0.3 is 4.90 Å². The Morgan fingerprint density at radius 1 is 1.53 bits per heavy atom. The Labute approximate surface area is 115 Å². The summed E-state index contributed by atoms with van der Waals surface area (Å²) in [5, 5.41) is 0.977. The van der Waals surface area contributed by atoms with Gasteiger partial charge in [-0.3, -0.25) is 4.79 Å². The highest BCUT2D eigenvalue weighted by molar-refractivity contribution is 9.09. The first kappa shape index (κ1) is 13.1. The van der Waals surface area contributed by atoms with Crippen molar-refractivity contribution in [2.45, 2.75) is 38.6 Å². The Morgan fingerprint density at radius 2 is 2.35 bits per heavy atom. The first-order valence-electron chi connectivity index (χ1n) is 6.15. The van der Waals surface area contributed by atoms with Crippen LogP contribution in [-0.2, 0) is 0 Å². The molecular formula is C13H18BrNOS. The normalized spacial score (nSPS) is 20.6. The fraction of sp³-hybridized carbons (Fsp3) is 0.615. The van der Waals surface area contributed by atoms with Crippen LogP contribution in [0.15, 0.2) is 12.1 Å². The van der Waals surface area contributed by atoms with Crippen molar-refractivity contribution in [3.05, 3.63) is 21.9 Å². The fourth-order valence-corrected chi connectivity index (χ4v) is 3.74. The quantitative estimate of drug-likeness (QED) is 0.776. The second-order valence-corrected chi connectivity index (χ2v) is 6.62. The minimum atomic E-state index is 0.230. The Kier molecular flexibility index (Phi) is 4.62. The van der Waals surface area contributed by atoms with E-state index in [1.165, 1.54) is 11.3 Å². The van der Waals surface area contributed by atoms with Gasteiger partial charge in [0.2, 0.25) is 0 Å². The number of carbonyl (C=O) groups excluding carboxylic acids is 1. The van der Waals surface area contributed by atoms with Crippen molar-refractivity contribution < 1.29 is 4.79 Å². The van der Waals surface area contributed by atoms with Gasteiger partial charge in [0.25, 0.3) is 5.91 Å². The van der Waals surface area contributed by atoms with Crippen LogP contribution < -0.4 is 0 Å². The molecule has 0 bridgehead atoms. The van der Waals surface area contributed by atoms with Crippen LogP contribution in [0.2, 0.25) is 0 Å². The summed E-state index contributed by atoms with van der Waals surface area (Å²) >= 11 is 5.09. The van der Waals surface area contributed by atoms with Crippen molar-refractivity contribution in [3.63, 3.8) is 0 Å². The first-order valence-corrected chi connectivity index (χ1v) is 8.09. The Balaban J connectivity index is 2.10. The van der Waals surface area contributed by atoms with Crippen LogP contribution in [0.1, 0.15) is 40.2 Å². The summed E-state index contributed by atoms with van der Waals surface area (Å²) < 4.78 is 0. The minimum Gasteiger partial charge on any atom is -0.335 e. The van der Waals surface area contributed by atoms with Crippen molar-refractivity contribution >= 4 is 33.2 Å². The SMILES string of the molecule is Cc1ccc(C(=O)N2CCCCC2CCBr)s1. The number of carbonyl (C=O) groups is 1. The van der Waals surface area contributed by atoms with Gasteiger partial charge in [-0.1, -0.05) is 15.9 Å². The number of aryl methyl sites for hydroxylation is 1. The first-order chi connectivity index (χ1) is 8.22. The van der Waals surface area contributed by atoms with E-state index in [4.69, 9.17) is 0 Å². The van der Waals surface area contributed by atoms with Gasteiger partial charge in [0.1, 0.15) is 0 Å². The number of amides is 1. The van der Waals surface area contributed by atoms with Crippen molar-refractivity contribution in [2.75, 3.05) is 11.9 Å². The second-order valence-electron chi connectivity index (χ2n) is 4.54. The van der Waals surface area contributed by atoms with Gasteiger partial charge in [-0.15, -0.1) is 11.3 Å². The highest BCUT2D eigenvalue weighted by Gasteiger charge is 2.27. The molecule has 2 rings (SSSR count). The van der Waals surface area contributed by atoms with E-state index in [1.54, 1.807) is 11.3 Å². The molecule has 0 N–H and O–H groups in total. The number of hydrogen-bond donors (Lipinski definition) is 0. The minimum absolute atomic E-state index is 0.230. The Morgan fingerprint density at radius 3 is 3.00 bits per heavy atom. The third kappa shape index (κ3) is 3.10. The molecule has 0 saturated carbocycles. The van der Waals surface area contributed by atoms with E-state index < -0.39 is 0 Å². The maximum absolute atomic E-state index is 12.4. The molecule has 4 heteroatoms. The molecule has 1 aliphatic rings. The number of piperidine rings is 1. The largest absolute Gasteiger partial charge is 0.335 e. The van der Waals surface area contributed by atoms with Crippen LogP contribution in [0.3, 0.4) is 0 Å². The third-order valence-corrected chi connectivity index (χ3v) is 4.73. The summed E-state index contributed by atoms with van der Waals surface area (Å²) in [5.41, 5.74) is 0. The number of nitrogens with zero attached hydrogens (tertiary/aromatic N) is 1. The lowest BCUT2D eigenvalue weighted by molar-refractivity contribution is 0.0615. The molecule has 94 valence electrons. The summed E-state index contributed by atoms with van der Waals surface area (Å²) in [6.45, 7) is 2.97. The Bertz CT molecular complexity index is 389. The van der Waals surface area contributed by atoms with Crippen LogP contribution in [0.25, 0.3) is 0 Å². The molecular weight excluding hydrogens is 298 g/mol. The zero-order chi connectivity index (χ0) is 12.3. The molecule has 2 nitrogen and oxygen atoms in total. The second kappa shape index (κ2) is 6.01. The van der Waals surface area contributed by atoms with E-state index in [0.717, 1.165) is 36.0 Å². The molecule has 17 heavy (non-hydrogen) atoms. The lowest BCUT2D eigenvalue weighted by atomic mass is 10.00. The highest BCUT2D eigenvalue weighted by Crippen LogP contribution is 2.25. The number of hydrogen-bond acceptors (Lipinski definition) is 2. The van der Waals surface area contributed by atoms with Crippen molar-refractivity contribution in [1.82, 2.24) is 4.90 Å². The van der Waals surface area contributed by atoms with Gasteiger partial charge in [-0.2, -0.15) is 0 Å². The van der Waals surface area contributed by atoms with E-state index in [2.05, 4.69) is 20.8 Å². The average Bonchev–Trinajstić information content (AvgIpc) is 2.76. The van der Waals surface area contributed by atoms with Gasteiger partial charge in [0.15, 0.2) is 0 Å². The van der Waals surface area contributed by atoms with Gasteiger partial charge in [0.05, 0.1) is 4.88 Å². The van der Waals surface area contributed by atoms with Crippen LogP contribution in [-0.4, -0.2) is 28.7 Å². The van der Waals surface area contributed by atoms with E-state index in [-0.39, 0.29) is 5.91 Å². The molecule has 1 aliphatic heterocycles. The molecule has 0 spiro atoms. The van der Waals surface area contributed by atoms with E-state index in [9.17, 15) is 4.79 Å². The predicted molar refractivity (Wildman–Crippen MR) is 76.1 cm³/mol. The number of halogens is 1. The number of alkyl halides is 1. The van der Waals surface area contributed by atoms with Crippen LogP contribution in [0, 0.1) is 6.92 Å². The highest BCUT2D eigenvalue weighted by atomic mass is 79.9. The van der Waals surface area contributed by atoms with Crippen LogP contribution >= 0.6 is 27.3 Å². The molecule has 1 aromatic heterocycles. The van der Waals surface area contributed by atoms with Gasteiger partial charge in [-0.25, -0.2) is 0 Å². The van der Waals surface area contributed by atoms with Crippen molar-refractivity contribution in [2.24, 2.45) is 0 Å². The summed E-state index contributed by atoms with van der Waals surface area (Å²) in [6.07, 6.45) is 4.62. The molecule has 0 aliphatic carbocycles. The molecule has 1 saturated heterocycles. The smallest absolute Gasteiger partial charge is 0.264 e. The van der Waals surface area contributed by atoms with Gasteiger partial charge in [0, 0.05) is 22.8 Å². The summed E-state index contributed by atoms with van der Waals surface area (Å²) in [5.74, 6) is 0.230. The monoisotopic (exact) mass is 315 g/mol. The topological polar surface area (TPSA) is 20.3 Å². The molecule has 1 amide bonds. The number of thiophene rings is 1. The van der Waals surface area contributed by atoms with Crippen molar-refractivity contribution in [1.29, 1.82) is 0 Å². The van der Waals surface area contributed by atoms with Gasteiger partial charge in [-0.05, 0) is 44.7 Å². The molecule has 1 unspecified atom stereocenters. The van der Waals surface area contributed by atoms with Crippen molar-refractivity contribution in [3.8, 4) is 0 Å². The van der Waals surface area contributed by atoms with Crippen LogP contribution in [0.5, 0.6) is 0 Å². The maximum Gasteiger partial charge on any atom is 0.264 e. The molecule has 0 aromatic carbocycles. The Hall–Kier alpha value is -0.350. The number of rotatable bonds is 3. The zero-order valence-electron chi connectivity index (χ0n) is 10.1. The molecule has 1 aromatic rings. The average molecular weight is 316 g/mol. The van der Waals surface area contributed by atoms with Gasteiger partial charge >= 0.3 is 0 Å². The maximum atomic E-state index is 12.4. The summed E-state index contributed by atoms with van der Waals surface area (Å²) in [7, 11) is 0. The molecule has 1 atom stereocenters. The van der Waals surface area contributed by atoms with E-state index in [1.807, 2.05) is 19.1 Å². The summed E-state index contributed by atoms with van der Waals surface area (Å²) in [4.78, 5) is 16.6. The van der Waals surface area contributed by atoms with E-state index in [0.29, 0.717) is 6.04 Å². The number of likely N-dealkylation sites (tertiary alicyclic amines) is 1. The standard InChI is InChI=1S/C13H18BrNOS/c1-10-5-6-12(17-10)13(16)15-9-3-2-4-11(15)7-8-14/h5-6,11H,2-4,7-9H2,1H3. The lowest BCUT2D eigenvalue weighted by Gasteiger charge is -2.35. The van der Waals surface area contributed by atoms with Crippen LogP contribution in [0.4, 0.5) is 0 Å². The predicted octanol–water partition coefficient (Wildman–Crippen LogP) is 3.84. The molecule has 1 fully saturated rings. The molecule has 2 heterocycles. The fourth-order valence-electron chi connectivity index (χ4n) is 2.39. The zero-order valence-corrected chi connectivity index (χ0v) is 12.5. The van der Waals surface area contributed by atoms with E-state index >= 15 is 0 Å². The third-order valence-electron chi connectivity index (χ3n) is 3.28. The summed E-state index contributed by atoms with van der Waals surface area (Å²) in [6, 6.07) is 4.42.